The summed E-state index contributed by atoms with van der Waals surface area (Å²) in [6.45, 7) is 5.86. The molecule has 2 aliphatic rings. The summed E-state index contributed by atoms with van der Waals surface area (Å²) in [5, 5.41) is 21.1. The number of hydrogen-bond acceptors (Lipinski definition) is 16. The van der Waals surface area contributed by atoms with Gasteiger partial charge in [-0.3, -0.25) is 19.2 Å². The number of pyridine rings is 1. The smallest absolute Gasteiger partial charge is 0.315 e. The Morgan fingerprint density at radius 1 is 0.662 bits per heavy atom. The molecule has 77 heavy (non-hydrogen) atoms. The van der Waals surface area contributed by atoms with Crippen molar-refractivity contribution in [3.63, 3.8) is 0 Å². The SMILES string of the molecule is CN(CC=CC(=O)Nc1cccc(Nc2cc(Oc3ccc(Oc4ccccc4)cc3)ncn2)n1)CCCCNC(=O)CCCC(=O)NCCCOCCOCCOCCCNC(=O)CCCC[C@@H]1SC[C@@H]2NC(=O)N[C@@H]21. The highest BCUT2D eigenvalue weighted by atomic mass is 32.2. The number of likely N-dealkylation sites (N-methyl/N-ethyl adjacent to an activating group) is 1. The predicted octanol–water partition coefficient (Wildman–Crippen LogP) is 6.48. The number of ether oxygens (including phenoxy) is 5. The van der Waals surface area contributed by atoms with Gasteiger partial charge in [-0.2, -0.15) is 11.8 Å². The summed E-state index contributed by atoms with van der Waals surface area (Å²) in [6, 6.07) is 24.0. The summed E-state index contributed by atoms with van der Waals surface area (Å²) in [6.07, 6.45) is 12.1. The largest absolute Gasteiger partial charge is 0.457 e. The van der Waals surface area contributed by atoms with Gasteiger partial charge in [-0.15, -0.1) is 0 Å². The van der Waals surface area contributed by atoms with Crippen molar-refractivity contribution in [1.29, 1.82) is 0 Å². The normalized spacial score (nSPS) is 15.6. The third-order valence-corrected chi connectivity index (χ3v) is 13.6. The third kappa shape index (κ3) is 24.4. The summed E-state index contributed by atoms with van der Waals surface area (Å²) in [4.78, 5) is 75.9. The maximum absolute atomic E-state index is 12.7. The zero-order chi connectivity index (χ0) is 54.1. The lowest BCUT2D eigenvalue weighted by atomic mass is 10.0. The molecule has 4 heterocycles. The van der Waals surface area contributed by atoms with Gasteiger partial charge >= 0.3 is 6.03 Å². The molecule has 2 aromatic carbocycles. The lowest BCUT2D eigenvalue weighted by Crippen LogP contribution is -2.36. The van der Waals surface area contributed by atoms with Gasteiger partial charge in [0.05, 0.1) is 38.5 Å². The Balaban J connectivity index is 0.674. The zero-order valence-corrected chi connectivity index (χ0v) is 44.8. The molecule has 22 heteroatoms. The van der Waals surface area contributed by atoms with Gasteiger partial charge in [0.1, 0.15) is 41.0 Å². The number of benzene rings is 2. The van der Waals surface area contributed by atoms with E-state index in [0.29, 0.717) is 125 Å². The molecule has 2 aliphatic heterocycles. The van der Waals surface area contributed by atoms with Gasteiger partial charge < -0.3 is 65.8 Å². The number of carbonyl (C=O) groups is 5. The minimum atomic E-state index is -0.312. The van der Waals surface area contributed by atoms with Crippen LogP contribution in [-0.4, -0.2) is 152 Å². The van der Waals surface area contributed by atoms with Crippen LogP contribution in [0.5, 0.6) is 23.1 Å². The van der Waals surface area contributed by atoms with Gasteiger partial charge in [-0.1, -0.05) is 36.8 Å². The first-order valence-electron chi connectivity index (χ1n) is 26.6. The van der Waals surface area contributed by atoms with E-state index in [1.54, 1.807) is 42.5 Å². The molecule has 4 aromatic rings. The van der Waals surface area contributed by atoms with Gasteiger partial charge in [0.25, 0.3) is 0 Å². The van der Waals surface area contributed by atoms with Crippen LogP contribution in [-0.2, 0) is 33.4 Å². The number of anilines is 3. The minimum Gasteiger partial charge on any atom is -0.457 e. The number of hydrogen-bond donors (Lipinski definition) is 7. The lowest BCUT2D eigenvalue weighted by molar-refractivity contribution is -0.123. The number of thioether (sulfide) groups is 1. The van der Waals surface area contributed by atoms with Crippen molar-refractivity contribution < 1.29 is 47.7 Å². The Bertz CT molecular complexity index is 2440. The van der Waals surface area contributed by atoms with E-state index in [0.717, 1.165) is 56.6 Å². The Labute approximate surface area is 455 Å². The fraction of sp³-hybridized carbons (Fsp3) is 0.491. The van der Waals surface area contributed by atoms with Gasteiger partial charge in [0, 0.05) is 81.8 Å². The highest BCUT2D eigenvalue weighted by Crippen LogP contribution is 2.33. The Kier molecular flexibility index (Phi) is 26.8. The van der Waals surface area contributed by atoms with E-state index in [9.17, 15) is 24.0 Å². The summed E-state index contributed by atoms with van der Waals surface area (Å²) >= 11 is 1.90. The van der Waals surface area contributed by atoms with E-state index < -0.39 is 0 Å². The summed E-state index contributed by atoms with van der Waals surface area (Å²) in [5.41, 5.74) is 0. The number of aromatic nitrogens is 3. The molecule has 3 atom stereocenters. The number of nitrogens with one attached hydrogen (secondary N) is 7. The molecule has 0 radical (unpaired) electrons. The second-order valence-electron chi connectivity index (χ2n) is 18.4. The first-order valence-corrected chi connectivity index (χ1v) is 27.6. The van der Waals surface area contributed by atoms with E-state index in [1.807, 2.05) is 61.3 Å². The first kappa shape index (κ1) is 59.4. The van der Waals surface area contributed by atoms with Crippen molar-refractivity contribution in [2.45, 2.75) is 88.0 Å². The van der Waals surface area contributed by atoms with E-state index in [-0.39, 0.29) is 54.6 Å². The lowest BCUT2D eigenvalue weighted by Gasteiger charge is -2.16. The van der Waals surface area contributed by atoms with E-state index in [1.165, 1.54) is 12.4 Å². The molecule has 2 fully saturated rings. The number of carbonyl (C=O) groups excluding carboxylic acids is 5. The molecule has 7 N–H and O–H groups in total. The molecule has 6 amide bonds. The number of nitrogens with zero attached hydrogens (tertiary/aromatic N) is 4. The molecule has 0 aliphatic carbocycles. The molecule has 21 nitrogen and oxygen atoms in total. The Morgan fingerprint density at radius 3 is 1.99 bits per heavy atom. The Morgan fingerprint density at radius 2 is 1.29 bits per heavy atom. The Hall–Kier alpha value is -6.85. The maximum atomic E-state index is 12.7. The van der Waals surface area contributed by atoms with Crippen LogP contribution in [0.3, 0.4) is 0 Å². The number of para-hydroxylation sites is 1. The van der Waals surface area contributed by atoms with Crippen LogP contribution in [0.1, 0.15) is 70.6 Å². The fourth-order valence-electron chi connectivity index (χ4n) is 8.12. The molecular formula is C55H75N11O10S. The van der Waals surface area contributed by atoms with E-state index in [4.69, 9.17) is 23.7 Å². The van der Waals surface area contributed by atoms with Gasteiger partial charge in [0.15, 0.2) is 0 Å². The molecule has 2 aromatic heterocycles. The quantitative estimate of drug-likeness (QED) is 0.0144. The highest BCUT2D eigenvalue weighted by molar-refractivity contribution is 8.00. The highest BCUT2D eigenvalue weighted by Gasteiger charge is 2.42. The van der Waals surface area contributed by atoms with Crippen LogP contribution in [0.25, 0.3) is 0 Å². The number of amides is 6. The van der Waals surface area contributed by atoms with Crippen molar-refractivity contribution in [3.05, 3.63) is 97.3 Å². The molecular weight excluding hydrogens is 1010 g/mol. The van der Waals surface area contributed by atoms with Gasteiger partial charge in [0.2, 0.25) is 29.5 Å². The van der Waals surface area contributed by atoms with E-state index in [2.05, 4.69) is 57.1 Å². The van der Waals surface area contributed by atoms with Crippen molar-refractivity contribution >= 4 is 58.9 Å². The number of unbranched alkanes of at least 4 members (excludes halogenated alkanes) is 2. The van der Waals surface area contributed by atoms with Crippen molar-refractivity contribution in [2.75, 3.05) is 95.8 Å². The average molecular weight is 1080 g/mol. The number of urea groups is 1. The second kappa shape index (κ2) is 34.7. The molecule has 2 saturated heterocycles. The molecule has 0 saturated carbocycles. The average Bonchev–Trinajstić information content (AvgIpc) is 3.99. The third-order valence-electron chi connectivity index (χ3n) is 12.1. The standard InChI is InChI=1S/C55H75N11O10S/c1-66(31-11-22-52(70)64-47-18-9-17-46(62-47)63-48-38-53(60-40-59-48)76-43-25-23-42(24-26-43)75-41-14-3-2-4-15-41)30-8-7-27-56-50(68)20-10-21-51(69)58-29-13-33-73-35-37-74-36-34-72-32-12-28-57-49(67)19-6-5-16-45-54-44(39-77-45)61-55(71)65-54/h2-4,9,11,14-15,17-18,22-26,38,40,44-45,54H,5-8,10,12-13,16,19-21,27-37,39H2,1H3,(H,56,68)(H,57,67)(H,58,69)(H2,61,65,71)(H2,59,60,62,63,64,70)/t44-,45-,54-/m0/s1. The van der Waals surface area contributed by atoms with E-state index >= 15 is 0 Å². The molecule has 416 valence electrons. The second-order valence-corrected chi connectivity index (χ2v) is 19.7. The first-order chi connectivity index (χ1) is 37.6. The fourth-order valence-corrected chi connectivity index (χ4v) is 9.66. The zero-order valence-electron chi connectivity index (χ0n) is 44.0. The van der Waals surface area contributed by atoms with Crippen LogP contribution < -0.4 is 46.7 Å². The maximum Gasteiger partial charge on any atom is 0.315 e. The van der Waals surface area contributed by atoms with Crippen molar-refractivity contribution in [3.8, 4) is 23.1 Å². The predicted molar refractivity (Wildman–Crippen MR) is 296 cm³/mol. The molecule has 0 unspecified atom stereocenters. The number of fused-ring (bicyclic) bond motifs is 1. The van der Waals surface area contributed by atoms with Crippen LogP contribution >= 0.6 is 11.8 Å². The van der Waals surface area contributed by atoms with Crippen LogP contribution in [0, 0.1) is 0 Å². The molecule has 0 bridgehead atoms. The monoisotopic (exact) mass is 1080 g/mol. The van der Waals surface area contributed by atoms with Crippen LogP contribution in [0.2, 0.25) is 0 Å². The van der Waals surface area contributed by atoms with Crippen LogP contribution in [0.4, 0.5) is 22.2 Å². The molecule has 6 rings (SSSR count). The van der Waals surface area contributed by atoms with Gasteiger partial charge in [-0.25, -0.2) is 19.7 Å². The van der Waals surface area contributed by atoms with Crippen molar-refractivity contribution in [2.24, 2.45) is 0 Å². The summed E-state index contributed by atoms with van der Waals surface area (Å²) < 4.78 is 28.5. The van der Waals surface area contributed by atoms with Crippen molar-refractivity contribution in [1.82, 2.24) is 46.4 Å². The summed E-state index contributed by atoms with van der Waals surface area (Å²) in [7, 11) is 1.97. The molecule has 0 spiro atoms. The minimum absolute atomic E-state index is 0.0613. The topological polar surface area (TPSA) is 258 Å². The number of rotatable bonds is 38. The van der Waals surface area contributed by atoms with Crippen LogP contribution in [0.15, 0.2) is 97.3 Å². The van der Waals surface area contributed by atoms with Gasteiger partial charge in [-0.05, 0) is 107 Å². The summed E-state index contributed by atoms with van der Waals surface area (Å²) in [5.74, 6) is 4.15.